The molecular formula is C22H22N4O3S2. The first kappa shape index (κ1) is 21.2. The average molecular weight is 455 g/mol. The van der Waals surface area contributed by atoms with Crippen molar-refractivity contribution in [1.29, 1.82) is 0 Å². The van der Waals surface area contributed by atoms with Gasteiger partial charge in [-0.3, -0.25) is 4.79 Å². The fraction of sp³-hybridized carbons (Fsp3) is 0.227. The molecule has 1 N–H and O–H groups in total. The maximum atomic E-state index is 13.2. The van der Waals surface area contributed by atoms with Crippen molar-refractivity contribution in [3.05, 3.63) is 59.1 Å². The SMILES string of the molecule is Cc1ccc(-c2cc(C(=O)Nc3cccc(S(C)(=O)=O)c3)c3cnn(C(C)C)c3n2)s1. The van der Waals surface area contributed by atoms with Crippen LogP contribution in [0.1, 0.15) is 35.1 Å². The van der Waals surface area contributed by atoms with E-state index in [4.69, 9.17) is 4.98 Å². The second-order valence-corrected chi connectivity index (χ2v) is 10.9. The van der Waals surface area contributed by atoms with Crippen LogP contribution in [0.3, 0.4) is 0 Å². The maximum absolute atomic E-state index is 13.2. The number of nitrogens with one attached hydrogen (secondary N) is 1. The van der Waals surface area contributed by atoms with E-state index >= 15 is 0 Å². The zero-order valence-corrected chi connectivity index (χ0v) is 19.2. The van der Waals surface area contributed by atoms with Gasteiger partial charge in [0.2, 0.25) is 0 Å². The van der Waals surface area contributed by atoms with Gasteiger partial charge in [-0.2, -0.15) is 5.10 Å². The molecule has 0 saturated heterocycles. The van der Waals surface area contributed by atoms with Crippen molar-refractivity contribution < 1.29 is 13.2 Å². The minimum atomic E-state index is -3.38. The van der Waals surface area contributed by atoms with Crippen LogP contribution in [-0.4, -0.2) is 35.3 Å². The van der Waals surface area contributed by atoms with Crippen molar-refractivity contribution in [3.8, 4) is 10.6 Å². The zero-order valence-electron chi connectivity index (χ0n) is 17.6. The highest BCUT2D eigenvalue weighted by Crippen LogP contribution is 2.31. The number of fused-ring (bicyclic) bond motifs is 1. The van der Waals surface area contributed by atoms with Gasteiger partial charge in [-0.05, 0) is 57.2 Å². The topological polar surface area (TPSA) is 94.0 Å². The molecule has 0 unspecified atom stereocenters. The Bertz CT molecular complexity index is 1400. The number of hydrogen-bond acceptors (Lipinski definition) is 6. The molecule has 4 aromatic rings. The van der Waals surface area contributed by atoms with E-state index in [0.717, 1.165) is 16.0 Å². The number of sulfone groups is 1. The summed E-state index contributed by atoms with van der Waals surface area (Å²) < 4.78 is 25.5. The quantitative estimate of drug-likeness (QED) is 0.471. The molecule has 1 aromatic carbocycles. The molecule has 3 heterocycles. The predicted molar refractivity (Wildman–Crippen MR) is 123 cm³/mol. The molecule has 0 aliphatic carbocycles. The Balaban J connectivity index is 1.81. The van der Waals surface area contributed by atoms with E-state index in [1.807, 2.05) is 32.9 Å². The number of thiophene rings is 1. The minimum absolute atomic E-state index is 0.0766. The molecule has 0 radical (unpaired) electrons. The van der Waals surface area contributed by atoms with Crippen molar-refractivity contribution in [1.82, 2.24) is 14.8 Å². The molecule has 0 aliphatic rings. The second kappa shape index (κ2) is 7.90. The number of nitrogens with zero attached hydrogens (tertiary/aromatic N) is 3. The van der Waals surface area contributed by atoms with Crippen molar-refractivity contribution in [2.24, 2.45) is 0 Å². The molecule has 0 atom stereocenters. The standard InChI is InChI=1S/C22H22N4O3S2/c1-13(2)26-21-18(12-23-26)17(11-19(25-21)20-9-8-14(3)30-20)22(27)24-15-6-5-7-16(10-15)31(4,28)29/h5-13H,1-4H3,(H,24,27). The van der Waals surface area contributed by atoms with Gasteiger partial charge in [0.15, 0.2) is 15.5 Å². The first-order valence-electron chi connectivity index (χ1n) is 9.70. The third-order valence-electron chi connectivity index (χ3n) is 4.81. The summed E-state index contributed by atoms with van der Waals surface area (Å²) in [5.41, 5.74) is 2.17. The van der Waals surface area contributed by atoms with Crippen LogP contribution < -0.4 is 5.32 Å². The van der Waals surface area contributed by atoms with E-state index < -0.39 is 9.84 Å². The normalized spacial score (nSPS) is 11.9. The Morgan fingerprint density at radius 2 is 1.94 bits per heavy atom. The molecule has 0 bridgehead atoms. The van der Waals surface area contributed by atoms with E-state index in [1.165, 1.54) is 12.1 Å². The van der Waals surface area contributed by atoms with Crippen LogP contribution in [0.4, 0.5) is 5.69 Å². The van der Waals surface area contributed by atoms with Gasteiger partial charge in [0, 0.05) is 22.9 Å². The average Bonchev–Trinajstić information content (AvgIpc) is 3.33. The van der Waals surface area contributed by atoms with Crippen molar-refractivity contribution in [2.45, 2.75) is 31.7 Å². The highest BCUT2D eigenvalue weighted by atomic mass is 32.2. The van der Waals surface area contributed by atoms with E-state index in [0.29, 0.717) is 28.0 Å². The number of carbonyl (C=O) groups excluding carboxylic acids is 1. The molecule has 4 rings (SSSR count). The Kier molecular flexibility index (Phi) is 5.40. The van der Waals surface area contributed by atoms with Crippen LogP contribution >= 0.6 is 11.3 Å². The van der Waals surface area contributed by atoms with Crippen molar-refractivity contribution in [3.63, 3.8) is 0 Å². The number of pyridine rings is 1. The molecule has 0 spiro atoms. The van der Waals surface area contributed by atoms with Gasteiger partial charge in [0.25, 0.3) is 5.91 Å². The molecule has 160 valence electrons. The number of rotatable bonds is 5. The van der Waals surface area contributed by atoms with E-state index in [1.54, 1.807) is 40.4 Å². The van der Waals surface area contributed by atoms with Crippen LogP contribution in [0, 0.1) is 6.92 Å². The van der Waals surface area contributed by atoms with Gasteiger partial charge in [-0.25, -0.2) is 18.1 Å². The zero-order chi connectivity index (χ0) is 22.3. The smallest absolute Gasteiger partial charge is 0.256 e. The fourth-order valence-corrected chi connectivity index (χ4v) is 4.78. The number of aromatic nitrogens is 3. The summed E-state index contributed by atoms with van der Waals surface area (Å²) >= 11 is 1.60. The highest BCUT2D eigenvalue weighted by molar-refractivity contribution is 7.90. The fourth-order valence-electron chi connectivity index (χ4n) is 3.29. The Labute approximate surface area is 184 Å². The van der Waals surface area contributed by atoms with Crippen molar-refractivity contribution in [2.75, 3.05) is 11.6 Å². The summed E-state index contributed by atoms with van der Waals surface area (Å²) in [6.45, 7) is 6.03. The summed E-state index contributed by atoms with van der Waals surface area (Å²) in [7, 11) is -3.38. The van der Waals surface area contributed by atoms with Crippen LogP contribution in [0.5, 0.6) is 0 Å². The molecule has 1 amide bonds. The highest BCUT2D eigenvalue weighted by Gasteiger charge is 2.19. The lowest BCUT2D eigenvalue weighted by molar-refractivity contribution is 0.102. The van der Waals surface area contributed by atoms with Gasteiger partial charge in [-0.1, -0.05) is 6.07 Å². The molecule has 31 heavy (non-hydrogen) atoms. The molecular weight excluding hydrogens is 432 g/mol. The molecule has 0 aliphatic heterocycles. The van der Waals surface area contributed by atoms with E-state index in [2.05, 4.69) is 10.4 Å². The number of hydrogen-bond donors (Lipinski definition) is 1. The third-order valence-corrected chi connectivity index (χ3v) is 6.95. The summed E-state index contributed by atoms with van der Waals surface area (Å²) in [5, 5.41) is 7.89. The van der Waals surface area contributed by atoms with Crippen molar-refractivity contribution >= 4 is 43.8 Å². The number of carbonyl (C=O) groups is 1. The van der Waals surface area contributed by atoms with Crippen LogP contribution in [0.2, 0.25) is 0 Å². The minimum Gasteiger partial charge on any atom is -0.322 e. The lowest BCUT2D eigenvalue weighted by Crippen LogP contribution is -2.14. The first-order chi connectivity index (χ1) is 14.6. The van der Waals surface area contributed by atoms with Crippen LogP contribution in [-0.2, 0) is 9.84 Å². The molecule has 7 nitrogen and oxygen atoms in total. The molecule has 3 aromatic heterocycles. The van der Waals surface area contributed by atoms with Gasteiger partial charge in [0.1, 0.15) is 0 Å². The van der Waals surface area contributed by atoms with E-state index in [9.17, 15) is 13.2 Å². The lowest BCUT2D eigenvalue weighted by Gasteiger charge is -2.11. The van der Waals surface area contributed by atoms with Crippen LogP contribution in [0.15, 0.2) is 53.6 Å². The number of amides is 1. The largest absolute Gasteiger partial charge is 0.322 e. The van der Waals surface area contributed by atoms with Gasteiger partial charge < -0.3 is 5.32 Å². The second-order valence-electron chi connectivity index (χ2n) is 7.64. The number of benzene rings is 1. The molecule has 0 saturated carbocycles. The summed E-state index contributed by atoms with van der Waals surface area (Å²) in [5.74, 6) is -0.351. The maximum Gasteiger partial charge on any atom is 0.256 e. The summed E-state index contributed by atoms with van der Waals surface area (Å²) in [6, 6.07) is 12.1. The number of aryl methyl sites for hydroxylation is 1. The molecule has 0 fully saturated rings. The van der Waals surface area contributed by atoms with Crippen LogP contribution in [0.25, 0.3) is 21.6 Å². The van der Waals surface area contributed by atoms with Gasteiger partial charge in [0.05, 0.1) is 32.6 Å². The van der Waals surface area contributed by atoms with Gasteiger partial charge >= 0.3 is 0 Å². The molecule has 9 heteroatoms. The Morgan fingerprint density at radius 1 is 1.16 bits per heavy atom. The van der Waals surface area contributed by atoms with Gasteiger partial charge in [-0.15, -0.1) is 11.3 Å². The monoisotopic (exact) mass is 454 g/mol. The predicted octanol–water partition coefficient (Wildman–Crippen LogP) is 4.70. The summed E-state index contributed by atoms with van der Waals surface area (Å²) in [4.78, 5) is 20.3. The Hall–Kier alpha value is -3.04. The third kappa shape index (κ3) is 4.24. The summed E-state index contributed by atoms with van der Waals surface area (Å²) in [6.07, 6.45) is 2.78. The first-order valence-corrected chi connectivity index (χ1v) is 12.4. The number of anilines is 1. The lowest BCUT2D eigenvalue weighted by atomic mass is 10.1. The Morgan fingerprint density at radius 3 is 2.58 bits per heavy atom. The van der Waals surface area contributed by atoms with E-state index in [-0.39, 0.29) is 16.8 Å².